The molecule has 1 heterocycles. The molecule has 5 nitrogen and oxygen atoms in total. The first-order chi connectivity index (χ1) is 16.5. The predicted octanol–water partition coefficient (Wildman–Crippen LogP) is 7.74. The third-order valence-corrected chi connectivity index (χ3v) is 8.44. The van der Waals surface area contributed by atoms with Crippen molar-refractivity contribution in [2.75, 3.05) is 45.5 Å². The molecular weight excluding hydrogens is 469 g/mol. The molecule has 1 unspecified atom stereocenters. The number of rotatable bonds is 11. The number of pyridine rings is 1. The van der Waals surface area contributed by atoms with Crippen LogP contribution in [0.1, 0.15) is 58.4 Å². The lowest BCUT2D eigenvalue weighted by Crippen LogP contribution is -2.31. The molecule has 7 heteroatoms. The first-order valence-electron chi connectivity index (χ1n) is 12.4. The molecule has 0 aliphatic rings. The zero-order chi connectivity index (χ0) is 26.6. The summed E-state index contributed by atoms with van der Waals surface area (Å²) in [5.41, 5.74) is 5.39. The van der Waals surface area contributed by atoms with Crippen molar-refractivity contribution in [1.82, 2.24) is 14.8 Å². The number of benzene rings is 1. The van der Waals surface area contributed by atoms with Gasteiger partial charge in [0.25, 0.3) is 0 Å². The second-order valence-corrected chi connectivity index (χ2v) is 13.4. The fraction of sp³-hybridized carbons (Fsp3) is 0.500. The highest BCUT2D eigenvalue weighted by atomic mass is 32.7. The summed E-state index contributed by atoms with van der Waals surface area (Å²) in [5, 5.41) is 3.72. The topological polar surface area (TPSA) is 43.8 Å². The van der Waals surface area contributed by atoms with Crippen LogP contribution in [0.5, 0.6) is 0 Å². The van der Waals surface area contributed by atoms with E-state index < -0.39 is 7.27 Å². The Kier molecular flexibility index (Phi) is 13.6. The van der Waals surface area contributed by atoms with Crippen LogP contribution in [0.25, 0.3) is 5.70 Å². The van der Waals surface area contributed by atoms with E-state index in [0.29, 0.717) is 0 Å². The molecule has 0 aliphatic carbocycles. The molecule has 0 saturated carbocycles. The van der Waals surface area contributed by atoms with Crippen molar-refractivity contribution in [3.05, 3.63) is 59.9 Å². The normalized spacial score (nSPS) is 12.3. The first kappa shape index (κ1) is 31.2. The number of aryl methyl sites for hydroxylation is 1. The molecule has 2 aromatic rings. The molecule has 0 spiro atoms. The molecule has 1 aromatic heterocycles. The average molecular weight is 516 g/mol. The van der Waals surface area contributed by atoms with Crippen molar-refractivity contribution in [1.29, 1.82) is 0 Å². The van der Waals surface area contributed by atoms with E-state index in [1.165, 1.54) is 10.5 Å². The molecule has 0 radical (unpaired) electrons. The van der Waals surface area contributed by atoms with Crippen molar-refractivity contribution < 1.29 is 0 Å². The Labute approximate surface area is 220 Å². The van der Waals surface area contributed by atoms with Gasteiger partial charge in [0, 0.05) is 31.2 Å². The lowest BCUT2D eigenvalue weighted by atomic mass is 9.87. The van der Waals surface area contributed by atoms with Gasteiger partial charge in [-0.1, -0.05) is 71.6 Å². The molecule has 1 atom stereocenters. The van der Waals surface area contributed by atoms with Crippen molar-refractivity contribution >= 4 is 36.4 Å². The van der Waals surface area contributed by atoms with Crippen LogP contribution in [0.2, 0.25) is 0 Å². The van der Waals surface area contributed by atoms with Crippen LogP contribution < -0.4 is 5.09 Å². The van der Waals surface area contributed by atoms with Crippen LogP contribution in [-0.4, -0.2) is 61.5 Å². The van der Waals surface area contributed by atoms with E-state index in [1.54, 1.807) is 7.05 Å². The molecule has 0 bridgehead atoms. The number of hydrogen-bond donors (Lipinski definition) is 1. The molecule has 2 rings (SSSR count). The van der Waals surface area contributed by atoms with Gasteiger partial charge in [-0.25, -0.2) is 0 Å². The zero-order valence-electron chi connectivity index (χ0n) is 23.5. The fourth-order valence-electron chi connectivity index (χ4n) is 3.23. The number of aliphatic imine (C=N–C) groups is 1. The van der Waals surface area contributed by atoms with E-state index in [9.17, 15) is 0 Å². The largest absolute Gasteiger partial charge is 0.354 e. The van der Waals surface area contributed by atoms with E-state index in [0.717, 1.165) is 42.3 Å². The van der Waals surface area contributed by atoms with Crippen LogP contribution in [0.3, 0.4) is 0 Å². The van der Waals surface area contributed by atoms with Gasteiger partial charge in [0.1, 0.15) is 5.69 Å². The molecule has 0 saturated heterocycles. The van der Waals surface area contributed by atoms with Crippen LogP contribution in [0.4, 0.5) is 5.69 Å². The summed E-state index contributed by atoms with van der Waals surface area (Å²) >= 11 is 1.87. The summed E-state index contributed by atoms with van der Waals surface area (Å²) in [6.07, 6.45) is 3.75. The monoisotopic (exact) mass is 515 g/mol. The molecule has 194 valence electrons. The zero-order valence-corrected chi connectivity index (χ0v) is 25.2. The number of hydrogen-bond acceptors (Lipinski definition) is 5. The molecule has 0 aliphatic heterocycles. The maximum absolute atomic E-state index is 4.75. The van der Waals surface area contributed by atoms with Crippen LogP contribution >= 0.6 is 18.7 Å². The highest BCUT2D eigenvalue weighted by Crippen LogP contribution is 2.51. The predicted molar refractivity (Wildman–Crippen MR) is 161 cm³/mol. The van der Waals surface area contributed by atoms with E-state index in [4.69, 9.17) is 4.98 Å². The van der Waals surface area contributed by atoms with Gasteiger partial charge in [-0.3, -0.25) is 9.98 Å². The summed E-state index contributed by atoms with van der Waals surface area (Å²) in [6.45, 7) is 24.3. The highest BCUT2D eigenvalue weighted by Gasteiger charge is 2.17. The Balaban J connectivity index is 0.00000298. The minimum atomic E-state index is -0.547. The van der Waals surface area contributed by atoms with Crippen molar-refractivity contribution in [3.8, 4) is 0 Å². The van der Waals surface area contributed by atoms with Crippen LogP contribution in [-0.2, 0) is 5.41 Å². The number of nitrogens with one attached hydrogen (secondary N) is 1. The van der Waals surface area contributed by atoms with E-state index >= 15 is 0 Å². The van der Waals surface area contributed by atoms with E-state index in [1.807, 2.05) is 37.8 Å². The van der Waals surface area contributed by atoms with E-state index in [2.05, 4.69) is 105 Å². The molecule has 0 fully saturated rings. The van der Waals surface area contributed by atoms with Gasteiger partial charge in [0.15, 0.2) is 0 Å². The number of likely N-dealkylation sites (N-methyl/N-ethyl adjacent to an activating group) is 1. The van der Waals surface area contributed by atoms with Crippen LogP contribution in [0.15, 0.2) is 53.0 Å². The lowest BCUT2D eigenvalue weighted by Gasteiger charge is -2.26. The SMILES string of the molecule is C=C(c1ncc(C)cc1NP(C)Sc1ccc(C(C)(C)C)cc1)N(C=NC)CCN(C)CC.CC. The summed E-state index contributed by atoms with van der Waals surface area (Å²) in [7, 11) is 3.36. The Morgan fingerprint density at radius 2 is 1.83 bits per heavy atom. The smallest absolute Gasteiger partial charge is 0.109 e. The van der Waals surface area contributed by atoms with Gasteiger partial charge in [0.2, 0.25) is 0 Å². The Morgan fingerprint density at radius 3 is 2.37 bits per heavy atom. The van der Waals surface area contributed by atoms with Crippen molar-refractivity contribution in [3.63, 3.8) is 0 Å². The number of aromatic nitrogens is 1. The maximum Gasteiger partial charge on any atom is 0.109 e. The number of anilines is 1. The highest BCUT2D eigenvalue weighted by molar-refractivity contribution is 8.56. The van der Waals surface area contributed by atoms with E-state index in [-0.39, 0.29) is 5.41 Å². The van der Waals surface area contributed by atoms with Crippen molar-refractivity contribution in [2.24, 2.45) is 4.99 Å². The third-order valence-electron chi connectivity index (χ3n) is 5.40. The standard InChI is InChI=1S/C26H40N5PS.C2H6/c1-10-30(8)15-16-31(19-27-7)21(3)25-24(17-20(2)18-28-25)29-32(9)33-23-13-11-22(12-14-23)26(4,5)6;1-2/h11-14,17-19,29H,3,10,15-16H2,1-2,4-9H3;1-2H3. The van der Waals surface area contributed by atoms with Gasteiger partial charge in [0.05, 0.1) is 25.0 Å². The minimum Gasteiger partial charge on any atom is -0.354 e. The quantitative estimate of drug-likeness (QED) is 0.188. The molecule has 35 heavy (non-hydrogen) atoms. The minimum absolute atomic E-state index is 0.167. The average Bonchev–Trinajstić information content (AvgIpc) is 2.82. The fourth-order valence-corrected chi connectivity index (χ4v) is 6.10. The Bertz CT molecular complexity index is 937. The lowest BCUT2D eigenvalue weighted by molar-refractivity contribution is 0.333. The second-order valence-electron chi connectivity index (χ2n) is 9.29. The first-order valence-corrected chi connectivity index (χ1v) is 15.6. The van der Waals surface area contributed by atoms with Crippen LogP contribution in [0, 0.1) is 6.92 Å². The molecular formula is C28H46N5PS. The molecule has 1 aromatic carbocycles. The maximum atomic E-state index is 4.75. The number of nitrogens with zero attached hydrogens (tertiary/aromatic N) is 4. The van der Waals surface area contributed by atoms with Crippen molar-refractivity contribution in [2.45, 2.75) is 58.8 Å². The summed E-state index contributed by atoms with van der Waals surface area (Å²) < 4.78 is 0. The summed E-state index contributed by atoms with van der Waals surface area (Å²) in [5.74, 6) is 0. The van der Waals surface area contributed by atoms with Gasteiger partial charge in [-0.2, -0.15) is 0 Å². The summed E-state index contributed by atoms with van der Waals surface area (Å²) in [4.78, 5) is 14.6. The molecule has 1 N–H and O–H groups in total. The Morgan fingerprint density at radius 1 is 1.20 bits per heavy atom. The van der Waals surface area contributed by atoms with Gasteiger partial charge >= 0.3 is 0 Å². The Hall–Kier alpha value is -1.88. The van der Waals surface area contributed by atoms with Gasteiger partial charge in [-0.15, -0.1) is 0 Å². The van der Waals surface area contributed by atoms with Gasteiger partial charge in [-0.05, 0) is 61.9 Å². The second kappa shape index (κ2) is 15.3. The third kappa shape index (κ3) is 10.3. The summed E-state index contributed by atoms with van der Waals surface area (Å²) in [6, 6.07) is 11.1. The van der Waals surface area contributed by atoms with Gasteiger partial charge < -0.3 is 14.9 Å². The molecule has 0 amide bonds.